The van der Waals surface area contributed by atoms with Gasteiger partial charge in [-0.25, -0.2) is 4.57 Å². The fourth-order valence-electron chi connectivity index (χ4n) is 3.17. The molecule has 0 saturated heterocycles. The van der Waals surface area contributed by atoms with Gasteiger partial charge in [0.2, 0.25) is 5.69 Å². The van der Waals surface area contributed by atoms with Crippen LogP contribution in [0.25, 0.3) is 11.3 Å². The number of aromatic nitrogens is 1. The average Bonchev–Trinajstić information content (AvgIpc) is 2.39. The van der Waals surface area contributed by atoms with Crippen LogP contribution in [0.15, 0.2) is 30.5 Å². The molecule has 0 spiro atoms. The van der Waals surface area contributed by atoms with Gasteiger partial charge in [0.25, 0.3) is 0 Å². The number of nitrogens with zero attached hydrogens (tertiary/aromatic N) is 1. The molecule has 0 N–H and O–H groups in total. The van der Waals surface area contributed by atoms with Crippen molar-refractivity contribution in [2.45, 2.75) is 66.2 Å². The number of benzene rings is 1. The molecule has 1 heteroatoms. The van der Waals surface area contributed by atoms with Crippen LogP contribution in [0.2, 0.25) is 0 Å². The SMILES string of the molecule is Cc1ccc(C(C)(C)C)cc1-c1cc(C)c(C(C)(C)C)c[n+]1C. The van der Waals surface area contributed by atoms with Crippen molar-refractivity contribution >= 4 is 0 Å². The zero-order valence-corrected chi connectivity index (χ0v) is 16.3. The third kappa shape index (κ3) is 3.65. The van der Waals surface area contributed by atoms with Crippen molar-refractivity contribution in [3.05, 3.63) is 52.7 Å². The highest BCUT2D eigenvalue weighted by Crippen LogP contribution is 2.31. The second-order valence-corrected chi connectivity index (χ2v) is 8.90. The molecular weight excluding hydrogens is 278 g/mol. The minimum Gasteiger partial charge on any atom is -0.201 e. The summed E-state index contributed by atoms with van der Waals surface area (Å²) < 4.78 is 2.28. The van der Waals surface area contributed by atoms with Crippen LogP contribution in [0.1, 0.15) is 63.8 Å². The van der Waals surface area contributed by atoms with Gasteiger partial charge in [0.15, 0.2) is 6.20 Å². The lowest BCUT2D eigenvalue weighted by molar-refractivity contribution is -0.661. The Morgan fingerprint density at radius 1 is 0.783 bits per heavy atom. The minimum absolute atomic E-state index is 0.168. The van der Waals surface area contributed by atoms with E-state index in [0.717, 1.165) is 0 Å². The Bertz CT molecular complexity index is 725. The monoisotopic (exact) mass is 310 g/mol. The molecule has 2 aromatic rings. The van der Waals surface area contributed by atoms with Crippen molar-refractivity contribution in [2.75, 3.05) is 0 Å². The summed E-state index contributed by atoms with van der Waals surface area (Å²) in [6.07, 6.45) is 2.30. The molecule has 0 amide bonds. The molecule has 0 bridgehead atoms. The lowest BCUT2D eigenvalue weighted by Crippen LogP contribution is -2.34. The number of hydrogen-bond donors (Lipinski definition) is 0. The third-order valence-electron chi connectivity index (χ3n) is 4.67. The second-order valence-electron chi connectivity index (χ2n) is 8.90. The highest BCUT2D eigenvalue weighted by atomic mass is 14.9. The molecule has 0 atom stereocenters. The van der Waals surface area contributed by atoms with Crippen molar-refractivity contribution in [2.24, 2.45) is 7.05 Å². The molecule has 1 heterocycles. The molecular formula is C22H32N+. The fourth-order valence-corrected chi connectivity index (χ4v) is 3.17. The first-order valence-electron chi connectivity index (χ1n) is 8.53. The minimum atomic E-state index is 0.168. The molecule has 124 valence electrons. The Morgan fingerprint density at radius 3 is 1.91 bits per heavy atom. The summed E-state index contributed by atoms with van der Waals surface area (Å²) in [5.74, 6) is 0. The molecule has 0 aliphatic rings. The van der Waals surface area contributed by atoms with Crippen LogP contribution in [0.3, 0.4) is 0 Å². The van der Waals surface area contributed by atoms with Crippen LogP contribution in [0.4, 0.5) is 0 Å². The normalized spacial score (nSPS) is 12.6. The molecule has 0 aliphatic heterocycles. The van der Waals surface area contributed by atoms with Crippen molar-refractivity contribution < 1.29 is 4.57 Å². The Hall–Kier alpha value is -1.63. The summed E-state index contributed by atoms with van der Waals surface area (Å²) in [5, 5.41) is 0. The molecule has 0 radical (unpaired) electrons. The van der Waals surface area contributed by atoms with Crippen LogP contribution >= 0.6 is 0 Å². The Labute approximate surface area is 142 Å². The zero-order chi connectivity index (χ0) is 17.6. The quantitative estimate of drug-likeness (QED) is 0.622. The summed E-state index contributed by atoms with van der Waals surface area (Å²) in [5.41, 5.74) is 8.46. The van der Waals surface area contributed by atoms with Gasteiger partial charge in [0.05, 0.1) is 0 Å². The van der Waals surface area contributed by atoms with Crippen molar-refractivity contribution in [1.82, 2.24) is 0 Å². The van der Waals surface area contributed by atoms with E-state index in [9.17, 15) is 0 Å². The lowest BCUT2D eigenvalue weighted by Gasteiger charge is -2.22. The van der Waals surface area contributed by atoms with E-state index in [0.29, 0.717) is 0 Å². The van der Waals surface area contributed by atoms with Crippen molar-refractivity contribution in [3.63, 3.8) is 0 Å². The van der Waals surface area contributed by atoms with E-state index in [1.165, 1.54) is 33.5 Å². The predicted octanol–water partition coefficient (Wildman–Crippen LogP) is 5.39. The summed E-state index contributed by atoms with van der Waals surface area (Å²) in [4.78, 5) is 0. The van der Waals surface area contributed by atoms with Gasteiger partial charge in [-0.3, -0.25) is 0 Å². The van der Waals surface area contributed by atoms with Gasteiger partial charge in [-0.15, -0.1) is 0 Å². The van der Waals surface area contributed by atoms with Crippen LogP contribution in [0, 0.1) is 13.8 Å². The molecule has 1 nitrogen and oxygen atoms in total. The molecule has 0 fully saturated rings. The van der Waals surface area contributed by atoms with E-state index in [2.05, 4.69) is 97.5 Å². The van der Waals surface area contributed by atoms with Crippen molar-refractivity contribution in [1.29, 1.82) is 0 Å². The zero-order valence-electron chi connectivity index (χ0n) is 16.3. The Balaban J connectivity index is 2.66. The third-order valence-corrected chi connectivity index (χ3v) is 4.67. The molecule has 23 heavy (non-hydrogen) atoms. The predicted molar refractivity (Wildman–Crippen MR) is 99.9 cm³/mol. The first kappa shape index (κ1) is 17.7. The molecule has 0 unspecified atom stereocenters. The number of pyridine rings is 1. The molecule has 1 aromatic carbocycles. The molecule has 2 rings (SSSR count). The van der Waals surface area contributed by atoms with Crippen LogP contribution in [-0.4, -0.2) is 0 Å². The van der Waals surface area contributed by atoms with Crippen LogP contribution < -0.4 is 4.57 Å². The fraction of sp³-hybridized carbons (Fsp3) is 0.500. The van der Waals surface area contributed by atoms with E-state index in [1.54, 1.807) is 0 Å². The standard InChI is InChI=1S/C22H32N/c1-15-10-11-17(21(3,4)5)13-18(15)20-12-16(2)19(14-23(20)9)22(6,7)8/h10-14H,1-9H3/q+1. The van der Waals surface area contributed by atoms with Gasteiger partial charge < -0.3 is 0 Å². The molecule has 0 saturated carbocycles. The maximum atomic E-state index is 2.36. The second kappa shape index (κ2) is 5.78. The van der Waals surface area contributed by atoms with Gasteiger partial charge in [0.1, 0.15) is 7.05 Å². The molecule has 1 aromatic heterocycles. The van der Waals surface area contributed by atoms with E-state index < -0.39 is 0 Å². The smallest absolute Gasteiger partial charge is 0.201 e. The first-order valence-corrected chi connectivity index (χ1v) is 8.53. The van der Waals surface area contributed by atoms with Gasteiger partial charge >= 0.3 is 0 Å². The van der Waals surface area contributed by atoms with E-state index in [4.69, 9.17) is 0 Å². The van der Waals surface area contributed by atoms with Gasteiger partial charge in [-0.2, -0.15) is 0 Å². The topological polar surface area (TPSA) is 3.88 Å². The van der Waals surface area contributed by atoms with Gasteiger partial charge in [-0.1, -0.05) is 53.7 Å². The maximum Gasteiger partial charge on any atom is 0.212 e. The van der Waals surface area contributed by atoms with Gasteiger partial charge in [-0.05, 0) is 47.4 Å². The Morgan fingerprint density at radius 2 is 1.39 bits per heavy atom. The van der Waals surface area contributed by atoms with E-state index >= 15 is 0 Å². The average molecular weight is 311 g/mol. The summed E-state index contributed by atoms with van der Waals surface area (Å²) >= 11 is 0. The van der Waals surface area contributed by atoms with E-state index in [1.807, 2.05) is 0 Å². The van der Waals surface area contributed by atoms with Gasteiger partial charge in [0, 0.05) is 17.2 Å². The lowest BCUT2D eigenvalue weighted by atomic mass is 9.83. The number of aryl methyl sites for hydroxylation is 3. The number of hydrogen-bond acceptors (Lipinski definition) is 0. The van der Waals surface area contributed by atoms with Crippen LogP contribution in [-0.2, 0) is 17.9 Å². The summed E-state index contributed by atoms with van der Waals surface area (Å²) in [7, 11) is 2.16. The van der Waals surface area contributed by atoms with Crippen LogP contribution in [0.5, 0.6) is 0 Å². The Kier molecular flexibility index (Phi) is 4.45. The summed E-state index contributed by atoms with van der Waals surface area (Å²) in [6.45, 7) is 18.1. The molecule has 0 aliphatic carbocycles. The highest BCUT2D eigenvalue weighted by Gasteiger charge is 2.24. The maximum absolute atomic E-state index is 2.36. The summed E-state index contributed by atoms with van der Waals surface area (Å²) in [6, 6.07) is 9.22. The highest BCUT2D eigenvalue weighted by molar-refractivity contribution is 5.63. The first-order chi connectivity index (χ1) is 10.4. The largest absolute Gasteiger partial charge is 0.212 e. The number of rotatable bonds is 1. The van der Waals surface area contributed by atoms with E-state index in [-0.39, 0.29) is 10.8 Å². The van der Waals surface area contributed by atoms with Crippen molar-refractivity contribution in [3.8, 4) is 11.3 Å².